The average molecular weight is 504 g/mol. The van der Waals surface area contributed by atoms with Crippen molar-refractivity contribution in [2.75, 3.05) is 12.8 Å². The molecule has 1 N–H and O–H groups in total. The van der Waals surface area contributed by atoms with Crippen molar-refractivity contribution >= 4 is 62.7 Å². The topological polar surface area (TPSA) is 49.4 Å². The third-order valence-corrected chi connectivity index (χ3v) is 6.28. The Morgan fingerprint density at radius 1 is 1.18 bits per heavy atom. The van der Waals surface area contributed by atoms with E-state index in [1.807, 2.05) is 24.3 Å². The Balaban J connectivity index is 2.07. The molecule has 0 aliphatic rings. The lowest BCUT2D eigenvalue weighted by atomic mass is 10.1. The molecule has 0 saturated carbocycles. The fraction of sp³-hybridized carbons (Fsp3) is 0.300. The molecule has 0 radical (unpaired) electrons. The van der Waals surface area contributed by atoms with Gasteiger partial charge in [0.1, 0.15) is 6.04 Å². The molecule has 28 heavy (non-hydrogen) atoms. The monoisotopic (exact) mass is 502 g/mol. The molecule has 0 bridgehead atoms. The van der Waals surface area contributed by atoms with Gasteiger partial charge in [-0.1, -0.05) is 57.3 Å². The van der Waals surface area contributed by atoms with Crippen LogP contribution in [0.15, 0.2) is 46.9 Å². The summed E-state index contributed by atoms with van der Waals surface area (Å²) in [5.41, 5.74) is 1.88. The number of likely N-dealkylation sites (N-methyl/N-ethyl adjacent to an activating group) is 1. The molecule has 1 atom stereocenters. The summed E-state index contributed by atoms with van der Waals surface area (Å²) in [5, 5.41) is 3.59. The van der Waals surface area contributed by atoms with Gasteiger partial charge >= 0.3 is 0 Å². The summed E-state index contributed by atoms with van der Waals surface area (Å²) in [4.78, 5) is 26.6. The van der Waals surface area contributed by atoms with E-state index in [2.05, 4.69) is 21.2 Å². The maximum atomic E-state index is 12.9. The minimum Gasteiger partial charge on any atom is -0.357 e. The molecule has 0 saturated heterocycles. The van der Waals surface area contributed by atoms with Crippen LogP contribution in [0.25, 0.3) is 0 Å². The van der Waals surface area contributed by atoms with Crippen LogP contribution in [-0.2, 0) is 21.9 Å². The van der Waals surface area contributed by atoms with Crippen molar-refractivity contribution in [1.82, 2.24) is 10.2 Å². The lowest BCUT2D eigenvalue weighted by Crippen LogP contribution is -2.47. The van der Waals surface area contributed by atoms with E-state index in [1.165, 1.54) is 11.8 Å². The third kappa shape index (κ3) is 6.69. The van der Waals surface area contributed by atoms with Crippen LogP contribution in [0, 0.1) is 0 Å². The van der Waals surface area contributed by atoms with Crippen molar-refractivity contribution in [3.8, 4) is 0 Å². The number of hydrogen-bond acceptors (Lipinski definition) is 3. The first-order valence-electron chi connectivity index (χ1n) is 8.59. The van der Waals surface area contributed by atoms with Crippen LogP contribution in [0.1, 0.15) is 18.1 Å². The zero-order chi connectivity index (χ0) is 20.7. The van der Waals surface area contributed by atoms with Crippen LogP contribution in [-0.4, -0.2) is 35.6 Å². The van der Waals surface area contributed by atoms with Gasteiger partial charge in [0.25, 0.3) is 0 Å². The number of carbonyl (C=O) groups excluding carboxylic acids is 2. The van der Waals surface area contributed by atoms with E-state index in [0.717, 1.165) is 15.6 Å². The van der Waals surface area contributed by atoms with Gasteiger partial charge in [0, 0.05) is 33.9 Å². The second-order valence-electron chi connectivity index (χ2n) is 6.17. The van der Waals surface area contributed by atoms with Crippen LogP contribution in [0.5, 0.6) is 0 Å². The van der Waals surface area contributed by atoms with Crippen LogP contribution >= 0.6 is 50.9 Å². The fourth-order valence-electron chi connectivity index (χ4n) is 2.54. The number of thioether (sulfide) groups is 1. The molecule has 2 aromatic rings. The minimum atomic E-state index is -0.613. The lowest BCUT2D eigenvalue weighted by molar-refractivity contribution is -0.138. The van der Waals surface area contributed by atoms with E-state index in [9.17, 15) is 9.59 Å². The number of nitrogens with one attached hydrogen (secondary N) is 1. The highest BCUT2D eigenvalue weighted by Crippen LogP contribution is 2.24. The Morgan fingerprint density at radius 3 is 2.46 bits per heavy atom. The highest BCUT2D eigenvalue weighted by Gasteiger charge is 2.26. The predicted molar refractivity (Wildman–Crippen MR) is 121 cm³/mol. The maximum absolute atomic E-state index is 12.9. The molecule has 150 valence electrons. The van der Waals surface area contributed by atoms with Crippen molar-refractivity contribution < 1.29 is 9.59 Å². The standard InChI is InChI=1S/C20H21BrCl2N2O2S/c1-13(20(27)24-2)25(10-15-5-8-17(22)9-18(15)23)19(26)12-28-11-14-3-6-16(21)7-4-14/h3-9,13H,10-12H2,1-2H3,(H,24,27)/t13-/m0/s1. The zero-order valence-electron chi connectivity index (χ0n) is 15.5. The molecule has 0 spiro atoms. The van der Waals surface area contributed by atoms with Crippen LogP contribution in [0.4, 0.5) is 0 Å². The van der Waals surface area contributed by atoms with Gasteiger partial charge < -0.3 is 10.2 Å². The highest BCUT2D eigenvalue weighted by molar-refractivity contribution is 9.10. The largest absolute Gasteiger partial charge is 0.357 e. The van der Waals surface area contributed by atoms with E-state index in [-0.39, 0.29) is 24.1 Å². The molecule has 2 aromatic carbocycles. The summed E-state index contributed by atoms with van der Waals surface area (Å²) < 4.78 is 1.02. The van der Waals surface area contributed by atoms with Gasteiger partial charge in [-0.05, 0) is 42.3 Å². The number of hydrogen-bond donors (Lipinski definition) is 1. The Kier molecular flexibility index (Phi) is 9.15. The van der Waals surface area contributed by atoms with Crippen molar-refractivity contribution in [2.24, 2.45) is 0 Å². The Bertz CT molecular complexity index is 833. The molecule has 8 heteroatoms. The number of halogens is 3. The molecule has 0 aromatic heterocycles. The molecule has 0 aliphatic carbocycles. The van der Waals surface area contributed by atoms with Gasteiger partial charge in [-0.15, -0.1) is 11.8 Å². The summed E-state index contributed by atoms with van der Waals surface area (Å²) in [5.74, 6) is 0.631. The summed E-state index contributed by atoms with van der Waals surface area (Å²) in [6, 6.07) is 12.5. The van der Waals surface area contributed by atoms with Crippen LogP contribution < -0.4 is 5.32 Å². The molecular weight excluding hydrogens is 483 g/mol. The van der Waals surface area contributed by atoms with Gasteiger partial charge in [-0.25, -0.2) is 0 Å². The number of rotatable bonds is 8. The quantitative estimate of drug-likeness (QED) is 0.541. The first-order valence-corrected chi connectivity index (χ1v) is 11.3. The Hall–Kier alpha value is -1.21. The Labute approximate surface area is 188 Å². The molecule has 4 nitrogen and oxygen atoms in total. The van der Waals surface area contributed by atoms with Crippen LogP contribution in [0.3, 0.4) is 0 Å². The van der Waals surface area contributed by atoms with Gasteiger partial charge in [0.2, 0.25) is 11.8 Å². The van der Waals surface area contributed by atoms with Crippen LogP contribution in [0.2, 0.25) is 10.0 Å². The molecule has 0 unspecified atom stereocenters. The summed E-state index contributed by atoms with van der Waals surface area (Å²) in [6.07, 6.45) is 0. The molecule has 2 amide bonds. The van der Waals surface area contributed by atoms with Gasteiger partial charge in [-0.2, -0.15) is 0 Å². The first kappa shape index (κ1) is 23.1. The first-order chi connectivity index (χ1) is 13.3. The van der Waals surface area contributed by atoms with Crippen molar-refractivity contribution in [3.63, 3.8) is 0 Å². The second kappa shape index (κ2) is 11.1. The maximum Gasteiger partial charge on any atom is 0.242 e. The molecule has 0 fully saturated rings. The van der Waals surface area contributed by atoms with Gasteiger partial charge in [0.15, 0.2) is 0 Å². The fourth-order valence-corrected chi connectivity index (χ4v) is 4.15. The number of benzene rings is 2. The number of carbonyl (C=O) groups is 2. The minimum absolute atomic E-state index is 0.121. The van der Waals surface area contributed by atoms with E-state index in [1.54, 1.807) is 37.1 Å². The SMILES string of the molecule is CNC(=O)[C@H](C)N(Cc1ccc(Cl)cc1Cl)C(=O)CSCc1ccc(Br)cc1. The number of amides is 2. The predicted octanol–water partition coefficient (Wildman–Crippen LogP) is 5.15. The molecule has 2 rings (SSSR count). The average Bonchev–Trinajstić information content (AvgIpc) is 2.67. The third-order valence-electron chi connectivity index (χ3n) is 4.18. The van der Waals surface area contributed by atoms with Gasteiger partial charge in [-0.3, -0.25) is 9.59 Å². The molecular formula is C20H21BrCl2N2O2S. The van der Waals surface area contributed by atoms with E-state index < -0.39 is 6.04 Å². The van der Waals surface area contributed by atoms with Gasteiger partial charge in [0.05, 0.1) is 5.75 Å². The van der Waals surface area contributed by atoms with E-state index in [0.29, 0.717) is 15.8 Å². The lowest BCUT2D eigenvalue weighted by Gasteiger charge is -2.28. The van der Waals surface area contributed by atoms with Crippen molar-refractivity contribution in [1.29, 1.82) is 0 Å². The summed E-state index contributed by atoms with van der Waals surface area (Å²) >= 11 is 17.1. The normalized spacial score (nSPS) is 11.8. The summed E-state index contributed by atoms with van der Waals surface area (Å²) in [6.45, 7) is 1.95. The summed E-state index contributed by atoms with van der Waals surface area (Å²) in [7, 11) is 1.55. The number of nitrogens with zero attached hydrogens (tertiary/aromatic N) is 1. The van der Waals surface area contributed by atoms with Crippen molar-refractivity contribution in [3.05, 3.63) is 68.1 Å². The Morgan fingerprint density at radius 2 is 1.86 bits per heavy atom. The van der Waals surface area contributed by atoms with Crippen molar-refractivity contribution in [2.45, 2.75) is 25.3 Å². The zero-order valence-corrected chi connectivity index (χ0v) is 19.5. The molecule has 0 aliphatic heterocycles. The highest BCUT2D eigenvalue weighted by atomic mass is 79.9. The molecule has 0 heterocycles. The van der Waals surface area contributed by atoms with E-state index >= 15 is 0 Å². The van der Waals surface area contributed by atoms with E-state index in [4.69, 9.17) is 23.2 Å². The smallest absolute Gasteiger partial charge is 0.242 e. The second-order valence-corrected chi connectivity index (χ2v) is 8.91.